The number of nitrogens with zero attached hydrogens (tertiary/aromatic N) is 4. The number of aromatic nitrogens is 3. The summed E-state index contributed by atoms with van der Waals surface area (Å²) >= 11 is 0. The predicted octanol–water partition coefficient (Wildman–Crippen LogP) is 4.44. The lowest BCUT2D eigenvalue weighted by Crippen LogP contribution is -2.50. The van der Waals surface area contributed by atoms with Crippen molar-refractivity contribution < 1.29 is 22.7 Å². The highest BCUT2D eigenvalue weighted by atomic mass is 19.4. The van der Waals surface area contributed by atoms with Gasteiger partial charge >= 0.3 is 12.3 Å². The van der Waals surface area contributed by atoms with E-state index in [1.54, 1.807) is 43.9 Å². The summed E-state index contributed by atoms with van der Waals surface area (Å²) in [5, 5.41) is 2.84. The van der Waals surface area contributed by atoms with Crippen LogP contribution in [-0.4, -0.2) is 45.3 Å². The van der Waals surface area contributed by atoms with Crippen LogP contribution in [0.2, 0.25) is 0 Å². The molecule has 1 saturated heterocycles. The van der Waals surface area contributed by atoms with E-state index in [1.165, 1.54) is 6.20 Å². The molecule has 1 aliphatic heterocycles. The number of ether oxygens (including phenoxy) is 1. The zero-order chi connectivity index (χ0) is 22.8. The van der Waals surface area contributed by atoms with Gasteiger partial charge < -0.3 is 15.0 Å². The predicted molar refractivity (Wildman–Crippen MR) is 109 cm³/mol. The molecule has 2 aromatic rings. The van der Waals surface area contributed by atoms with Gasteiger partial charge in [0.2, 0.25) is 0 Å². The molecular formula is C21H26F3N5O2. The number of piperidine rings is 1. The zero-order valence-electron chi connectivity index (χ0n) is 17.9. The summed E-state index contributed by atoms with van der Waals surface area (Å²) in [5.74, 6) is 0.109. The third-order valence-corrected chi connectivity index (χ3v) is 4.79. The quantitative estimate of drug-likeness (QED) is 0.765. The van der Waals surface area contributed by atoms with Crippen LogP contribution in [0.25, 0.3) is 11.5 Å². The van der Waals surface area contributed by atoms with Gasteiger partial charge in [0.25, 0.3) is 0 Å². The first-order valence-electron chi connectivity index (χ1n) is 10.1. The summed E-state index contributed by atoms with van der Waals surface area (Å²) in [5.41, 5.74) is -1.35. The summed E-state index contributed by atoms with van der Waals surface area (Å²) in [6.07, 6.45) is -2.54. The van der Waals surface area contributed by atoms with Gasteiger partial charge in [-0.2, -0.15) is 13.2 Å². The molecule has 0 radical (unpaired) electrons. The fourth-order valence-corrected chi connectivity index (χ4v) is 3.45. The molecule has 1 aliphatic rings. The number of carbonyl (C=O) groups is 1. The molecule has 0 aliphatic carbocycles. The maximum atomic E-state index is 13.5. The van der Waals surface area contributed by atoms with Crippen molar-refractivity contribution in [3.63, 3.8) is 0 Å². The second kappa shape index (κ2) is 8.68. The first-order chi connectivity index (χ1) is 14.4. The van der Waals surface area contributed by atoms with Crippen LogP contribution in [0.5, 0.6) is 0 Å². The molecule has 168 valence electrons. The molecule has 0 saturated carbocycles. The molecule has 2 aromatic heterocycles. The van der Waals surface area contributed by atoms with Crippen LogP contribution in [0.15, 0.2) is 30.5 Å². The first kappa shape index (κ1) is 22.8. The molecule has 10 heteroatoms. The molecular weight excluding hydrogens is 411 g/mol. The number of alkyl carbamates (subject to hydrolysis) is 1. The normalized spacial score (nSPS) is 19.8. The number of carbonyl (C=O) groups excluding carboxylic acids is 1. The molecule has 3 rings (SSSR count). The Morgan fingerprint density at radius 3 is 2.55 bits per heavy atom. The van der Waals surface area contributed by atoms with Crippen molar-refractivity contribution in [3.05, 3.63) is 36.2 Å². The Morgan fingerprint density at radius 1 is 1.23 bits per heavy atom. The topological polar surface area (TPSA) is 80.2 Å². The molecule has 0 aromatic carbocycles. The third kappa shape index (κ3) is 6.05. The summed E-state index contributed by atoms with van der Waals surface area (Å²) in [6, 6.07) is 5.58. The van der Waals surface area contributed by atoms with E-state index in [9.17, 15) is 18.0 Å². The number of rotatable bonds is 3. The number of hydrogen-bond donors (Lipinski definition) is 1. The van der Waals surface area contributed by atoms with Gasteiger partial charge in [0, 0.05) is 30.9 Å². The van der Waals surface area contributed by atoms with Crippen LogP contribution in [-0.2, 0) is 10.9 Å². The summed E-state index contributed by atoms with van der Waals surface area (Å²) in [4.78, 5) is 26.0. The Labute approximate surface area is 179 Å². The van der Waals surface area contributed by atoms with Crippen LogP contribution in [0.3, 0.4) is 0 Å². The molecule has 0 spiro atoms. The van der Waals surface area contributed by atoms with E-state index in [2.05, 4.69) is 20.3 Å². The van der Waals surface area contributed by atoms with Gasteiger partial charge in [0.05, 0.1) is 0 Å². The van der Waals surface area contributed by atoms with Gasteiger partial charge in [0.15, 0.2) is 11.5 Å². The maximum Gasteiger partial charge on any atom is 0.433 e. The number of amides is 1. The standard InChI is InChI=1S/C21H26F3N5O2/c1-13-11-14(26-19(30)31-20(2,3)4)8-10-29(13)17-12-16(21(22,23)24)27-18(28-17)15-7-5-6-9-25-15/h5-7,9,12-14H,8,10-11H2,1-4H3,(H,26,30). The van der Waals surface area contributed by atoms with E-state index in [0.717, 1.165) is 6.07 Å². The molecule has 7 nitrogen and oxygen atoms in total. The van der Waals surface area contributed by atoms with Crippen molar-refractivity contribution in [2.24, 2.45) is 0 Å². The third-order valence-electron chi connectivity index (χ3n) is 4.79. The average molecular weight is 437 g/mol. The highest BCUT2D eigenvalue weighted by molar-refractivity contribution is 5.68. The van der Waals surface area contributed by atoms with Crippen LogP contribution >= 0.6 is 0 Å². The smallest absolute Gasteiger partial charge is 0.433 e. The fourth-order valence-electron chi connectivity index (χ4n) is 3.45. The summed E-state index contributed by atoms with van der Waals surface area (Å²) in [7, 11) is 0. The van der Waals surface area contributed by atoms with E-state index in [1.807, 2.05) is 6.92 Å². The Bertz CT molecular complexity index is 915. The lowest BCUT2D eigenvalue weighted by Gasteiger charge is -2.39. The monoisotopic (exact) mass is 437 g/mol. The minimum absolute atomic E-state index is 0.0772. The highest BCUT2D eigenvalue weighted by Crippen LogP contribution is 2.33. The number of alkyl halides is 3. The fraction of sp³-hybridized carbons (Fsp3) is 0.524. The molecule has 31 heavy (non-hydrogen) atoms. The van der Waals surface area contributed by atoms with Gasteiger partial charge in [-0.15, -0.1) is 0 Å². The molecule has 2 atom stereocenters. The number of halogens is 3. The average Bonchev–Trinajstić information content (AvgIpc) is 2.66. The van der Waals surface area contributed by atoms with Crippen molar-refractivity contribution in [1.82, 2.24) is 20.3 Å². The second-order valence-electron chi connectivity index (χ2n) is 8.56. The van der Waals surface area contributed by atoms with Crippen molar-refractivity contribution in [2.45, 2.75) is 64.4 Å². The minimum Gasteiger partial charge on any atom is -0.444 e. The van der Waals surface area contributed by atoms with Crippen LogP contribution in [0, 0.1) is 0 Å². The lowest BCUT2D eigenvalue weighted by atomic mass is 9.98. The van der Waals surface area contributed by atoms with Crippen molar-refractivity contribution in [1.29, 1.82) is 0 Å². The minimum atomic E-state index is -4.61. The number of anilines is 1. The van der Waals surface area contributed by atoms with Crippen molar-refractivity contribution in [3.8, 4) is 11.5 Å². The second-order valence-corrected chi connectivity index (χ2v) is 8.56. The van der Waals surface area contributed by atoms with Gasteiger partial charge in [-0.3, -0.25) is 4.98 Å². The number of hydrogen-bond acceptors (Lipinski definition) is 6. The molecule has 1 fully saturated rings. The van der Waals surface area contributed by atoms with E-state index in [4.69, 9.17) is 4.74 Å². The van der Waals surface area contributed by atoms with E-state index < -0.39 is 23.6 Å². The molecule has 1 amide bonds. The Hall–Kier alpha value is -2.91. The molecule has 3 heterocycles. The van der Waals surface area contributed by atoms with Crippen molar-refractivity contribution >= 4 is 11.9 Å². The van der Waals surface area contributed by atoms with Gasteiger partial charge in [-0.1, -0.05) is 6.07 Å². The Morgan fingerprint density at radius 2 is 1.97 bits per heavy atom. The Kier molecular flexibility index (Phi) is 6.38. The zero-order valence-corrected chi connectivity index (χ0v) is 17.9. The van der Waals surface area contributed by atoms with Crippen LogP contribution < -0.4 is 10.2 Å². The van der Waals surface area contributed by atoms with E-state index in [0.29, 0.717) is 19.4 Å². The molecule has 0 bridgehead atoms. The number of nitrogens with one attached hydrogen (secondary N) is 1. The SMILES string of the molecule is CC1CC(NC(=O)OC(C)(C)C)CCN1c1cc(C(F)(F)F)nc(-c2ccccn2)n1. The first-order valence-corrected chi connectivity index (χ1v) is 10.1. The van der Waals surface area contributed by atoms with Gasteiger partial charge in [0.1, 0.15) is 17.1 Å². The Balaban J connectivity index is 1.80. The number of pyridine rings is 1. The summed E-state index contributed by atoms with van der Waals surface area (Å²) < 4.78 is 45.7. The largest absolute Gasteiger partial charge is 0.444 e. The van der Waals surface area contributed by atoms with Crippen LogP contribution in [0.4, 0.5) is 23.8 Å². The molecule has 2 unspecified atom stereocenters. The maximum absolute atomic E-state index is 13.5. The summed E-state index contributed by atoms with van der Waals surface area (Å²) in [6.45, 7) is 7.66. The van der Waals surface area contributed by atoms with Gasteiger partial charge in [-0.05, 0) is 52.7 Å². The van der Waals surface area contributed by atoms with Gasteiger partial charge in [-0.25, -0.2) is 14.8 Å². The van der Waals surface area contributed by atoms with Crippen LogP contribution in [0.1, 0.15) is 46.2 Å². The molecule has 1 N–H and O–H groups in total. The highest BCUT2D eigenvalue weighted by Gasteiger charge is 2.36. The van der Waals surface area contributed by atoms with E-state index >= 15 is 0 Å². The van der Waals surface area contributed by atoms with E-state index in [-0.39, 0.29) is 29.4 Å². The lowest BCUT2D eigenvalue weighted by molar-refractivity contribution is -0.141. The van der Waals surface area contributed by atoms with Crippen molar-refractivity contribution in [2.75, 3.05) is 11.4 Å².